The number of amides is 1. The van der Waals surface area contributed by atoms with E-state index in [0.29, 0.717) is 29.8 Å². The van der Waals surface area contributed by atoms with Crippen molar-refractivity contribution in [2.24, 2.45) is 0 Å². The maximum absolute atomic E-state index is 12.4. The standard InChI is InChI=1S/C17H21N3O4S/c1-4-23-14-9-7-6-8-12(14)19-15(21)11(3)25-17-18-10-13(20-17)16(22)24-5-2/h6-11H,4-5H2,1-3H3,(H,18,20)(H,19,21). The van der Waals surface area contributed by atoms with Gasteiger partial charge in [0.25, 0.3) is 0 Å². The molecule has 0 saturated carbocycles. The Kier molecular flexibility index (Phi) is 6.88. The molecule has 7 nitrogen and oxygen atoms in total. The quantitative estimate of drug-likeness (QED) is 0.553. The monoisotopic (exact) mass is 363 g/mol. The summed E-state index contributed by atoms with van der Waals surface area (Å²) < 4.78 is 10.4. The van der Waals surface area contributed by atoms with Gasteiger partial charge in [0.1, 0.15) is 11.4 Å². The molecule has 2 N–H and O–H groups in total. The van der Waals surface area contributed by atoms with E-state index in [9.17, 15) is 9.59 Å². The minimum absolute atomic E-state index is 0.189. The van der Waals surface area contributed by atoms with Crippen LogP contribution in [0.3, 0.4) is 0 Å². The molecule has 1 amide bonds. The van der Waals surface area contributed by atoms with Crippen LogP contribution in [0.1, 0.15) is 31.3 Å². The predicted molar refractivity (Wildman–Crippen MR) is 96.1 cm³/mol. The Hall–Kier alpha value is -2.48. The van der Waals surface area contributed by atoms with E-state index in [1.165, 1.54) is 18.0 Å². The zero-order chi connectivity index (χ0) is 18.2. The molecule has 1 aromatic carbocycles. The minimum atomic E-state index is -0.468. The molecule has 2 rings (SSSR count). The number of nitrogens with zero attached hydrogens (tertiary/aromatic N) is 1. The molecule has 2 aromatic rings. The van der Waals surface area contributed by atoms with E-state index in [1.807, 2.05) is 19.1 Å². The molecule has 1 atom stereocenters. The molecule has 8 heteroatoms. The number of anilines is 1. The Labute approximate surface area is 150 Å². The largest absolute Gasteiger partial charge is 0.492 e. The Balaban J connectivity index is 1.98. The highest BCUT2D eigenvalue weighted by Crippen LogP contribution is 2.26. The van der Waals surface area contributed by atoms with Gasteiger partial charge >= 0.3 is 5.97 Å². The van der Waals surface area contributed by atoms with Crippen molar-refractivity contribution in [2.45, 2.75) is 31.2 Å². The molecule has 0 spiro atoms. The number of ether oxygens (including phenoxy) is 2. The van der Waals surface area contributed by atoms with Gasteiger partial charge in [-0.2, -0.15) is 0 Å². The number of para-hydroxylation sites is 2. The van der Waals surface area contributed by atoms with Crippen LogP contribution in [0, 0.1) is 0 Å². The lowest BCUT2D eigenvalue weighted by atomic mass is 10.3. The van der Waals surface area contributed by atoms with E-state index < -0.39 is 11.2 Å². The third kappa shape index (κ3) is 5.25. The number of esters is 1. The second-order valence-corrected chi connectivity index (χ2v) is 6.33. The Morgan fingerprint density at radius 2 is 2.04 bits per heavy atom. The summed E-state index contributed by atoms with van der Waals surface area (Å²) in [6, 6.07) is 7.26. The van der Waals surface area contributed by atoms with E-state index in [4.69, 9.17) is 9.47 Å². The fraction of sp³-hybridized carbons (Fsp3) is 0.353. The first-order valence-electron chi connectivity index (χ1n) is 7.96. The van der Waals surface area contributed by atoms with E-state index >= 15 is 0 Å². The fourth-order valence-corrected chi connectivity index (χ4v) is 2.77. The molecular formula is C17H21N3O4S. The van der Waals surface area contributed by atoms with Gasteiger partial charge in [-0.05, 0) is 32.9 Å². The van der Waals surface area contributed by atoms with E-state index in [1.54, 1.807) is 26.0 Å². The first kappa shape index (κ1) is 18.9. The number of thioether (sulfide) groups is 1. The number of imidazole rings is 1. The normalized spacial score (nSPS) is 11.6. The molecule has 25 heavy (non-hydrogen) atoms. The summed E-state index contributed by atoms with van der Waals surface area (Å²) in [5.41, 5.74) is 0.882. The van der Waals surface area contributed by atoms with E-state index in [0.717, 1.165) is 0 Å². The molecule has 0 saturated heterocycles. The summed E-state index contributed by atoms with van der Waals surface area (Å²) in [4.78, 5) is 31.0. The number of aromatic amines is 1. The third-order valence-corrected chi connectivity index (χ3v) is 4.15. The summed E-state index contributed by atoms with van der Waals surface area (Å²) in [5, 5.41) is 2.90. The highest BCUT2D eigenvalue weighted by Gasteiger charge is 2.19. The number of nitrogens with one attached hydrogen (secondary N) is 2. The third-order valence-electron chi connectivity index (χ3n) is 3.15. The first-order chi connectivity index (χ1) is 12.0. The van der Waals surface area contributed by atoms with Gasteiger partial charge in [-0.1, -0.05) is 23.9 Å². The van der Waals surface area contributed by atoms with Crippen LogP contribution < -0.4 is 10.1 Å². The van der Waals surface area contributed by atoms with Crippen LogP contribution in [0.2, 0.25) is 0 Å². The van der Waals surface area contributed by atoms with E-state index in [-0.39, 0.29) is 11.6 Å². The van der Waals surface area contributed by atoms with Crippen molar-refractivity contribution in [1.29, 1.82) is 0 Å². The lowest BCUT2D eigenvalue weighted by Gasteiger charge is -2.14. The van der Waals surface area contributed by atoms with Crippen LogP contribution in [0.4, 0.5) is 5.69 Å². The molecule has 0 fully saturated rings. The number of rotatable bonds is 8. The number of benzene rings is 1. The topological polar surface area (TPSA) is 93.3 Å². The molecule has 0 radical (unpaired) electrons. The number of H-pyrrole nitrogens is 1. The van der Waals surface area contributed by atoms with Gasteiger partial charge in [-0.15, -0.1) is 0 Å². The number of carbonyl (C=O) groups is 2. The van der Waals surface area contributed by atoms with Gasteiger partial charge in [-0.25, -0.2) is 9.78 Å². The van der Waals surface area contributed by atoms with Crippen LogP contribution in [0.15, 0.2) is 35.6 Å². The molecule has 1 heterocycles. The molecule has 0 bridgehead atoms. The predicted octanol–water partition coefficient (Wildman–Crippen LogP) is 3.10. The number of aromatic nitrogens is 2. The van der Waals surface area contributed by atoms with Crippen molar-refractivity contribution in [3.63, 3.8) is 0 Å². The average Bonchev–Trinajstić information content (AvgIpc) is 3.05. The van der Waals surface area contributed by atoms with E-state index in [2.05, 4.69) is 15.3 Å². The van der Waals surface area contributed by atoms with Crippen molar-refractivity contribution >= 4 is 29.3 Å². The summed E-state index contributed by atoms with van der Waals surface area (Å²) >= 11 is 1.22. The molecule has 1 aromatic heterocycles. The Morgan fingerprint density at radius 3 is 2.76 bits per heavy atom. The van der Waals surface area contributed by atoms with Crippen LogP contribution in [-0.4, -0.2) is 40.3 Å². The first-order valence-corrected chi connectivity index (χ1v) is 8.84. The smallest absolute Gasteiger partial charge is 0.356 e. The van der Waals surface area contributed by atoms with Crippen LogP contribution in [0.5, 0.6) is 5.75 Å². The van der Waals surface area contributed by atoms with Crippen molar-refractivity contribution in [3.8, 4) is 5.75 Å². The van der Waals surface area contributed by atoms with Gasteiger partial charge in [0.15, 0.2) is 5.16 Å². The van der Waals surface area contributed by atoms with Crippen molar-refractivity contribution in [1.82, 2.24) is 9.97 Å². The molecule has 0 aliphatic carbocycles. The molecule has 0 aliphatic heterocycles. The second kappa shape index (κ2) is 9.12. The van der Waals surface area contributed by atoms with Crippen LogP contribution in [0.25, 0.3) is 0 Å². The maximum Gasteiger partial charge on any atom is 0.356 e. The highest BCUT2D eigenvalue weighted by atomic mass is 32.2. The minimum Gasteiger partial charge on any atom is -0.492 e. The van der Waals surface area contributed by atoms with Crippen molar-refractivity contribution in [2.75, 3.05) is 18.5 Å². The Bertz CT molecular complexity index is 732. The average molecular weight is 363 g/mol. The van der Waals surface area contributed by atoms with Gasteiger partial charge in [0.2, 0.25) is 5.91 Å². The number of carbonyl (C=O) groups excluding carboxylic acids is 2. The molecule has 134 valence electrons. The lowest BCUT2D eigenvalue weighted by molar-refractivity contribution is -0.115. The molecule has 1 unspecified atom stereocenters. The second-order valence-electron chi connectivity index (χ2n) is 5.00. The fourth-order valence-electron chi connectivity index (χ4n) is 1.98. The summed E-state index contributed by atoms with van der Waals surface area (Å²) in [7, 11) is 0. The highest BCUT2D eigenvalue weighted by molar-refractivity contribution is 8.00. The van der Waals surface area contributed by atoms with Gasteiger partial charge in [0.05, 0.1) is 30.3 Å². The van der Waals surface area contributed by atoms with Gasteiger partial charge in [-0.3, -0.25) is 4.79 Å². The summed E-state index contributed by atoms with van der Waals surface area (Å²) in [6.07, 6.45) is 1.40. The SMILES string of the molecule is CCOC(=O)c1cnc(SC(C)C(=O)Nc2ccccc2OCC)[nH]1. The molecular weight excluding hydrogens is 342 g/mol. The van der Waals surface area contributed by atoms with Gasteiger partial charge in [0, 0.05) is 0 Å². The number of hydrogen-bond acceptors (Lipinski definition) is 6. The maximum atomic E-state index is 12.4. The summed E-state index contributed by atoms with van der Waals surface area (Å²) in [6.45, 7) is 6.18. The van der Waals surface area contributed by atoms with Crippen molar-refractivity contribution < 1.29 is 19.1 Å². The summed E-state index contributed by atoms with van der Waals surface area (Å²) in [5.74, 6) is -0.0334. The lowest BCUT2D eigenvalue weighted by Crippen LogP contribution is -2.23. The van der Waals surface area contributed by atoms with Crippen LogP contribution in [-0.2, 0) is 9.53 Å². The van der Waals surface area contributed by atoms with Gasteiger partial charge < -0.3 is 19.8 Å². The van der Waals surface area contributed by atoms with Crippen LogP contribution >= 0.6 is 11.8 Å². The molecule has 0 aliphatic rings. The number of hydrogen-bond donors (Lipinski definition) is 2. The van der Waals surface area contributed by atoms with Crippen molar-refractivity contribution in [3.05, 3.63) is 36.2 Å². The zero-order valence-electron chi connectivity index (χ0n) is 14.4. The zero-order valence-corrected chi connectivity index (χ0v) is 15.2. The Morgan fingerprint density at radius 1 is 1.28 bits per heavy atom.